The Labute approximate surface area is 287 Å². The zero-order chi connectivity index (χ0) is 34.3. The SMILES string of the molecule is C=C(CC)S(C#Cc1c2cc3ccccc3cc2c(C#S(C(=C)CC)(C(C)C)C(C)C)c2cc3ccccc3cc12)(C(C)C)C(C)C. The second-order valence-electron chi connectivity index (χ2n) is 14.0. The fourth-order valence-corrected chi connectivity index (χ4v) is 15.5. The number of benzene rings is 5. The molecular weight excluding hydrogens is 605 g/mol. The first-order valence-corrected chi connectivity index (χ1v) is 20.9. The van der Waals surface area contributed by atoms with Gasteiger partial charge in [0.1, 0.15) is 0 Å². The van der Waals surface area contributed by atoms with Crippen LogP contribution in [0.25, 0.3) is 43.1 Å². The molecule has 246 valence electrons. The molecule has 0 radical (unpaired) electrons. The summed E-state index contributed by atoms with van der Waals surface area (Å²) in [7, 11) is -2.91. The molecule has 0 aromatic heterocycles. The van der Waals surface area contributed by atoms with Crippen LogP contribution in [-0.4, -0.2) is 21.0 Å². The van der Waals surface area contributed by atoms with Gasteiger partial charge in [0.15, 0.2) is 0 Å². The first-order chi connectivity index (χ1) is 22.3. The van der Waals surface area contributed by atoms with Crippen LogP contribution >= 0.6 is 19.5 Å². The van der Waals surface area contributed by atoms with Gasteiger partial charge in [0.2, 0.25) is 0 Å². The molecule has 0 saturated carbocycles. The molecule has 5 aromatic rings. The quantitative estimate of drug-likeness (QED) is 0.130. The molecule has 5 aromatic carbocycles. The fraction of sp³-hybridized carbons (Fsp3) is 0.356. The molecule has 0 unspecified atom stereocenters. The van der Waals surface area contributed by atoms with Gasteiger partial charge in [0, 0.05) is 11.1 Å². The Morgan fingerprint density at radius 3 is 1.23 bits per heavy atom. The van der Waals surface area contributed by atoms with Crippen LogP contribution in [0, 0.1) is 16.4 Å². The summed E-state index contributed by atoms with van der Waals surface area (Å²) in [4.78, 5) is 2.63. The van der Waals surface area contributed by atoms with E-state index in [9.17, 15) is 0 Å². The van der Waals surface area contributed by atoms with Crippen molar-refractivity contribution >= 4 is 62.6 Å². The predicted molar refractivity (Wildman–Crippen MR) is 221 cm³/mol. The minimum absolute atomic E-state index is 0.418. The lowest BCUT2D eigenvalue weighted by Crippen LogP contribution is -2.20. The zero-order valence-corrected chi connectivity index (χ0v) is 32.0. The van der Waals surface area contributed by atoms with Crippen molar-refractivity contribution in [3.8, 4) is 16.4 Å². The van der Waals surface area contributed by atoms with Gasteiger partial charge in [-0.15, -0.1) is 10.0 Å². The molecule has 0 aliphatic rings. The van der Waals surface area contributed by atoms with Gasteiger partial charge in [-0.2, -0.15) is 9.44 Å². The third kappa shape index (κ3) is 5.86. The summed E-state index contributed by atoms with van der Waals surface area (Å²) in [6.07, 6.45) is 1.91. The normalized spacial score (nSPS) is 12.8. The molecule has 0 nitrogen and oxygen atoms in total. The van der Waals surface area contributed by atoms with Gasteiger partial charge < -0.3 is 0 Å². The van der Waals surface area contributed by atoms with Gasteiger partial charge in [-0.1, -0.05) is 142 Å². The molecule has 0 bridgehead atoms. The maximum absolute atomic E-state index is 4.72. The second-order valence-corrected chi connectivity index (χ2v) is 22.1. The lowest BCUT2D eigenvalue weighted by molar-refractivity contribution is 1.01. The average Bonchev–Trinajstić information content (AvgIpc) is 3.05. The molecule has 0 heterocycles. The molecule has 47 heavy (non-hydrogen) atoms. The van der Waals surface area contributed by atoms with E-state index in [0.29, 0.717) is 21.0 Å². The Balaban J connectivity index is 2.13. The van der Waals surface area contributed by atoms with E-state index in [1.807, 2.05) is 0 Å². The van der Waals surface area contributed by atoms with Crippen molar-refractivity contribution in [3.05, 3.63) is 107 Å². The summed E-state index contributed by atoms with van der Waals surface area (Å²) >= 11 is 0. The summed E-state index contributed by atoms with van der Waals surface area (Å²) in [5, 5.41) is 19.9. The minimum Gasteiger partial charge on any atom is -0.156 e. The Morgan fingerprint density at radius 1 is 0.553 bits per heavy atom. The molecule has 0 atom stereocenters. The van der Waals surface area contributed by atoms with Crippen LogP contribution < -0.4 is 0 Å². The summed E-state index contributed by atoms with van der Waals surface area (Å²) in [6, 6.07) is 27.1. The van der Waals surface area contributed by atoms with Crippen LogP contribution in [-0.2, 0) is 0 Å². The second kappa shape index (κ2) is 13.6. The van der Waals surface area contributed by atoms with Crippen molar-refractivity contribution in [1.82, 2.24) is 0 Å². The van der Waals surface area contributed by atoms with Crippen LogP contribution in [0.2, 0.25) is 0 Å². The van der Waals surface area contributed by atoms with E-state index in [1.165, 1.54) is 58.5 Å². The molecule has 0 amide bonds. The van der Waals surface area contributed by atoms with Gasteiger partial charge in [-0.05, 0) is 116 Å². The van der Waals surface area contributed by atoms with Gasteiger partial charge in [-0.25, -0.2) is 0 Å². The topological polar surface area (TPSA) is 0 Å². The number of rotatable bonds is 5. The minimum atomic E-state index is -1.47. The van der Waals surface area contributed by atoms with Crippen LogP contribution in [0.5, 0.6) is 0 Å². The molecule has 0 aliphatic heterocycles. The van der Waals surface area contributed by atoms with Gasteiger partial charge >= 0.3 is 0 Å². The summed E-state index contributed by atoms with van der Waals surface area (Å²) < 4.78 is 0. The highest BCUT2D eigenvalue weighted by molar-refractivity contribution is 8.41. The number of hydrogen-bond acceptors (Lipinski definition) is 0. The van der Waals surface area contributed by atoms with E-state index >= 15 is 0 Å². The monoisotopic (exact) mass is 658 g/mol. The molecule has 0 saturated heterocycles. The molecule has 2 heteroatoms. The van der Waals surface area contributed by atoms with Crippen molar-refractivity contribution in [2.75, 3.05) is 0 Å². The van der Waals surface area contributed by atoms with Crippen LogP contribution in [0.3, 0.4) is 0 Å². The van der Waals surface area contributed by atoms with E-state index < -0.39 is 19.5 Å². The average molecular weight is 659 g/mol. The highest BCUT2D eigenvalue weighted by atomic mass is 32.3. The highest BCUT2D eigenvalue weighted by Gasteiger charge is 2.32. The van der Waals surface area contributed by atoms with E-state index in [0.717, 1.165) is 18.4 Å². The van der Waals surface area contributed by atoms with Gasteiger partial charge in [0.25, 0.3) is 0 Å². The molecule has 0 fully saturated rings. The number of hydrogen-bond donors (Lipinski definition) is 0. The third-order valence-electron chi connectivity index (χ3n) is 10.2. The van der Waals surface area contributed by atoms with Crippen LogP contribution in [0.15, 0.2) is 95.8 Å². The molecule has 0 N–H and O–H groups in total. The van der Waals surface area contributed by atoms with Crippen LogP contribution in [0.4, 0.5) is 0 Å². The maximum Gasteiger partial charge on any atom is 0.0412 e. The lowest BCUT2D eigenvalue weighted by atomic mass is 9.89. The Hall–Kier alpha value is -3.34. The zero-order valence-electron chi connectivity index (χ0n) is 30.4. The number of fused-ring (bicyclic) bond motifs is 4. The largest absolute Gasteiger partial charge is 0.156 e. The van der Waals surface area contributed by atoms with Crippen molar-refractivity contribution < 1.29 is 0 Å². The highest BCUT2D eigenvalue weighted by Crippen LogP contribution is 2.62. The number of allylic oxidation sites excluding steroid dienone is 2. The van der Waals surface area contributed by atoms with Crippen molar-refractivity contribution in [2.45, 2.75) is 103 Å². The Morgan fingerprint density at radius 2 is 0.915 bits per heavy atom. The van der Waals surface area contributed by atoms with E-state index in [-0.39, 0.29) is 0 Å². The fourth-order valence-electron chi connectivity index (χ4n) is 7.66. The summed E-state index contributed by atoms with van der Waals surface area (Å²) in [6.45, 7) is 32.7. The van der Waals surface area contributed by atoms with Gasteiger partial charge in [0.05, 0.1) is 0 Å². The standard InChI is InChI=1S/C45H54S2/c1-13-34(11)46(30(3)4,31(5)6)24-23-40-41-25-36-19-15-17-21-38(36)27-43(41)45(29-47(32(7)8,33(9)10)35(12)14-2)44-28-39-22-18-16-20-37(39)26-42(40)44/h15-22,25-28,30-33H,11-14H2,1-10H3. The molecule has 5 rings (SSSR count). The van der Waals surface area contributed by atoms with Crippen molar-refractivity contribution in [1.29, 1.82) is 0 Å². The first-order valence-electron chi connectivity index (χ1n) is 17.4. The van der Waals surface area contributed by atoms with E-state index in [1.54, 1.807) is 0 Å². The molecule has 0 aliphatic carbocycles. The van der Waals surface area contributed by atoms with Crippen molar-refractivity contribution in [2.24, 2.45) is 0 Å². The predicted octanol–water partition coefficient (Wildman–Crippen LogP) is 14.0. The Bertz CT molecular complexity index is 2090. The van der Waals surface area contributed by atoms with Gasteiger partial charge in [-0.3, -0.25) is 0 Å². The Kier molecular flexibility index (Phi) is 10.2. The molecular formula is C45H54S2. The first kappa shape index (κ1) is 35.0. The maximum atomic E-state index is 4.72. The van der Waals surface area contributed by atoms with Crippen molar-refractivity contribution in [3.63, 3.8) is 0 Å². The van der Waals surface area contributed by atoms with E-state index in [2.05, 4.69) is 165 Å². The van der Waals surface area contributed by atoms with E-state index in [4.69, 9.17) is 6.58 Å². The molecule has 0 spiro atoms. The summed E-state index contributed by atoms with van der Waals surface area (Å²) in [5.74, 6) is 3.94. The summed E-state index contributed by atoms with van der Waals surface area (Å²) in [5.41, 5.74) is 2.34. The third-order valence-corrected chi connectivity index (χ3v) is 19.6. The smallest absolute Gasteiger partial charge is 0.0412 e. The van der Waals surface area contributed by atoms with Crippen LogP contribution in [0.1, 0.15) is 93.2 Å². The lowest BCUT2D eigenvalue weighted by Gasteiger charge is -2.44.